The van der Waals surface area contributed by atoms with Crippen molar-refractivity contribution in [3.05, 3.63) is 17.5 Å². The fraction of sp³-hybridized carbons (Fsp3) is 0.400. The number of hydrogen-bond donors (Lipinski definition) is 0. The fourth-order valence-electron chi connectivity index (χ4n) is 0.486. The monoisotopic (exact) mass is 502 g/mol. The van der Waals surface area contributed by atoms with Crippen LogP contribution in [0.4, 0.5) is 0 Å². The fourth-order valence-corrected chi connectivity index (χ4v) is 1.16. The predicted octanol–water partition coefficient (Wildman–Crippen LogP) is 0.997. The molecule has 42 valence electrons. The maximum atomic E-state index is 4.20. The van der Waals surface area contributed by atoms with Crippen molar-refractivity contribution in [3.8, 4) is 0 Å². The Labute approximate surface area is 84.1 Å². The Morgan fingerprint density at radius 1 is 1.62 bits per heavy atom. The summed E-state index contributed by atoms with van der Waals surface area (Å²) in [6, 6.07) is 0. The first-order valence-electron chi connectivity index (χ1n) is 2.27. The van der Waals surface area contributed by atoms with Gasteiger partial charge in [0.1, 0.15) is 0 Å². The molecule has 0 aliphatic carbocycles. The summed E-state index contributed by atoms with van der Waals surface area (Å²) in [7, 11) is 0. The Bertz CT molecular complexity index is 111. The third-order valence-electron chi connectivity index (χ3n) is 0.824. The number of nitrogens with zero attached hydrogens (tertiary/aromatic N) is 1. The summed E-state index contributed by atoms with van der Waals surface area (Å²) in [6.07, 6.45) is 5.41. The summed E-state index contributed by atoms with van der Waals surface area (Å²) < 4.78 is 1.24. The zero-order valence-corrected chi connectivity index (χ0v) is 11.5. The van der Waals surface area contributed by atoms with Gasteiger partial charge in [-0.1, -0.05) is 0 Å². The van der Waals surface area contributed by atoms with Crippen LogP contribution in [0.3, 0.4) is 0 Å². The molecule has 0 atom stereocenters. The predicted molar refractivity (Wildman–Crippen MR) is 27.0 cm³/mol. The van der Waals surface area contributed by atoms with E-state index < -0.39 is 0 Å². The van der Waals surface area contributed by atoms with E-state index >= 15 is 0 Å². The van der Waals surface area contributed by atoms with E-state index in [-0.39, 0.29) is 31.1 Å². The molecule has 0 saturated heterocycles. The summed E-state index contributed by atoms with van der Waals surface area (Å²) in [4.78, 5) is 0. The SMILES string of the molecule is [U].[W]=[C]1C=CCC[N-]1. The van der Waals surface area contributed by atoms with Crippen LogP contribution in [-0.4, -0.2) is 10.6 Å². The van der Waals surface area contributed by atoms with Crippen LogP contribution in [-0.2, 0) is 19.4 Å². The second kappa shape index (κ2) is 5.12. The van der Waals surface area contributed by atoms with Gasteiger partial charge in [0.2, 0.25) is 0 Å². The Morgan fingerprint density at radius 3 is 2.62 bits per heavy atom. The van der Waals surface area contributed by atoms with E-state index in [0.717, 1.165) is 13.0 Å². The quantitative estimate of drug-likeness (QED) is 0.470. The van der Waals surface area contributed by atoms with Crippen molar-refractivity contribution in [3.63, 3.8) is 0 Å². The zero-order valence-electron chi connectivity index (χ0n) is 4.42. The van der Waals surface area contributed by atoms with Crippen molar-refractivity contribution in [2.45, 2.75) is 6.42 Å². The Balaban J connectivity index is 0.000000490. The molecule has 1 nitrogen and oxygen atoms in total. The Kier molecular flexibility index (Phi) is 5.96. The van der Waals surface area contributed by atoms with Crippen LogP contribution in [0.5, 0.6) is 0 Å². The van der Waals surface area contributed by atoms with Crippen molar-refractivity contribution in [2.24, 2.45) is 0 Å². The molecule has 0 aromatic carbocycles. The molecule has 8 heavy (non-hydrogen) atoms. The van der Waals surface area contributed by atoms with Gasteiger partial charge in [-0.05, 0) is 0 Å². The third kappa shape index (κ3) is 3.36. The van der Waals surface area contributed by atoms with Crippen molar-refractivity contribution in [1.29, 1.82) is 0 Å². The van der Waals surface area contributed by atoms with Gasteiger partial charge in [-0.3, -0.25) is 0 Å². The van der Waals surface area contributed by atoms with E-state index in [1.807, 2.05) is 0 Å². The molecule has 0 aromatic rings. The zero-order chi connectivity index (χ0) is 5.11. The van der Waals surface area contributed by atoms with E-state index in [2.05, 4.69) is 17.5 Å². The van der Waals surface area contributed by atoms with Crippen molar-refractivity contribution >= 4 is 4.02 Å². The van der Waals surface area contributed by atoms with E-state index in [1.54, 1.807) is 0 Å². The van der Waals surface area contributed by atoms with Gasteiger partial charge < -0.3 is 0 Å². The first-order chi connectivity index (χ1) is 3.39. The van der Waals surface area contributed by atoms with Crippen molar-refractivity contribution in [1.82, 2.24) is 0 Å². The summed E-state index contributed by atoms with van der Waals surface area (Å²) in [5, 5.41) is 4.20. The van der Waals surface area contributed by atoms with E-state index in [4.69, 9.17) is 0 Å². The van der Waals surface area contributed by atoms with Gasteiger partial charge in [-0.25, -0.2) is 0 Å². The molecule has 1 rings (SSSR count). The summed E-state index contributed by atoms with van der Waals surface area (Å²) >= 11 is 1.48. The van der Waals surface area contributed by atoms with E-state index in [0.29, 0.717) is 0 Å². The minimum absolute atomic E-state index is 0. The van der Waals surface area contributed by atoms with Gasteiger partial charge >= 0.3 is 53.8 Å². The summed E-state index contributed by atoms with van der Waals surface area (Å²) in [5.41, 5.74) is 0. The molecule has 0 bridgehead atoms. The van der Waals surface area contributed by atoms with Crippen LogP contribution in [0, 0.1) is 31.1 Å². The molecule has 0 unspecified atom stereocenters. The van der Waals surface area contributed by atoms with Crippen molar-refractivity contribution < 1.29 is 50.5 Å². The molecule has 0 N–H and O–H groups in total. The topological polar surface area (TPSA) is 14.1 Å². The van der Waals surface area contributed by atoms with Crippen molar-refractivity contribution in [2.75, 3.05) is 6.54 Å². The molecule has 0 aromatic heterocycles. The second-order valence-electron chi connectivity index (χ2n) is 1.41. The molecule has 0 saturated carbocycles. The van der Waals surface area contributed by atoms with Crippen LogP contribution < -0.4 is 0 Å². The average molecular weight is 502 g/mol. The van der Waals surface area contributed by atoms with E-state index in [1.165, 1.54) is 23.4 Å². The standard InChI is InChI=1S/C5H6N.U.W/c1-2-4-6-5-3-1;;/h1-2H,3,5H2;;/q-1;;. The molecule has 1 aliphatic heterocycles. The molecule has 0 spiro atoms. The summed E-state index contributed by atoms with van der Waals surface area (Å²) in [5.74, 6) is 0. The molecular formula is C5H6NUW-. The Hall–Kier alpha value is 1.31. The molecule has 1 aliphatic rings. The molecule has 0 fully saturated rings. The van der Waals surface area contributed by atoms with Gasteiger partial charge in [-0.15, -0.1) is 0 Å². The number of hydrogen-bond acceptors (Lipinski definition) is 0. The minimum atomic E-state index is 0. The first-order valence-corrected chi connectivity index (χ1v) is 3.74. The molecule has 1 heterocycles. The van der Waals surface area contributed by atoms with Crippen LogP contribution in [0.2, 0.25) is 0 Å². The van der Waals surface area contributed by atoms with Gasteiger partial charge in [-0.2, -0.15) is 0 Å². The molecule has 0 radical (unpaired) electrons. The normalized spacial score (nSPS) is 17.8. The second-order valence-corrected chi connectivity index (χ2v) is 2.91. The first kappa shape index (κ1) is 9.31. The third-order valence-corrected chi connectivity index (χ3v) is 1.78. The van der Waals surface area contributed by atoms with E-state index in [9.17, 15) is 0 Å². The van der Waals surface area contributed by atoms with Crippen LogP contribution in [0.15, 0.2) is 12.2 Å². The van der Waals surface area contributed by atoms with Gasteiger partial charge in [0.25, 0.3) is 0 Å². The molecule has 0 amide bonds. The van der Waals surface area contributed by atoms with Crippen LogP contribution in [0.1, 0.15) is 6.42 Å². The average Bonchev–Trinajstić information content (AvgIpc) is 1.69. The Morgan fingerprint density at radius 2 is 2.38 bits per heavy atom. The van der Waals surface area contributed by atoms with Gasteiger partial charge in [0.15, 0.2) is 0 Å². The van der Waals surface area contributed by atoms with Crippen LogP contribution in [0.25, 0.3) is 5.32 Å². The molecular weight excluding hydrogens is 496 g/mol. The molecule has 3 heteroatoms. The van der Waals surface area contributed by atoms with Gasteiger partial charge in [0.05, 0.1) is 0 Å². The summed E-state index contributed by atoms with van der Waals surface area (Å²) in [6.45, 7) is 1.01. The van der Waals surface area contributed by atoms with Crippen LogP contribution >= 0.6 is 0 Å². The maximum absolute atomic E-state index is 4.20. The number of rotatable bonds is 0. The van der Waals surface area contributed by atoms with Gasteiger partial charge in [0, 0.05) is 31.1 Å².